The highest BCUT2D eigenvalue weighted by molar-refractivity contribution is 5.80. The second-order valence-corrected chi connectivity index (χ2v) is 3.08. The molecule has 1 heterocycles. The summed E-state index contributed by atoms with van der Waals surface area (Å²) in [6, 6.07) is 8.11. The second-order valence-electron chi connectivity index (χ2n) is 3.08. The number of rotatable bonds is 3. The van der Waals surface area contributed by atoms with Crippen LogP contribution in [-0.2, 0) is 6.42 Å². The number of para-hydroxylation sites is 1. The van der Waals surface area contributed by atoms with Crippen molar-refractivity contribution in [2.24, 2.45) is 0 Å². The van der Waals surface area contributed by atoms with E-state index in [1.54, 1.807) is 0 Å². The summed E-state index contributed by atoms with van der Waals surface area (Å²) in [7, 11) is 0. The largest absolute Gasteiger partial charge is 0.464 e. The van der Waals surface area contributed by atoms with Gasteiger partial charge in [-0.3, -0.25) is 0 Å². The van der Waals surface area contributed by atoms with Gasteiger partial charge in [0.25, 0.3) is 0 Å². The van der Waals surface area contributed by atoms with E-state index in [2.05, 4.69) is 12.6 Å². The first kappa shape index (κ1) is 8.11. The van der Waals surface area contributed by atoms with Gasteiger partial charge >= 0.3 is 0 Å². The molecule has 0 radical (unpaired) electrons. The van der Waals surface area contributed by atoms with Crippen molar-refractivity contribution in [3.63, 3.8) is 0 Å². The molecule has 0 aliphatic rings. The Kier molecular flexibility index (Phi) is 2.17. The van der Waals surface area contributed by atoms with E-state index in [9.17, 15) is 0 Å². The number of fused-ring (bicyclic) bond motifs is 1. The summed E-state index contributed by atoms with van der Waals surface area (Å²) in [5.41, 5.74) is 2.25. The predicted molar refractivity (Wildman–Crippen MR) is 54.7 cm³/mol. The molecule has 0 saturated carbocycles. The molecule has 0 saturated heterocycles. The zero-order valence-electron chi connectivity index (χ0n) is 7.49. The van der Waals surface area contributed by atoms with Gasteiger partial charge in [0.15, 0.2) is 0 Å². The summed E-state index contributed by atoms with van der Waals surface area (Å²) < 4.78 is 5.41. The minimum atomic E-state index is 0.974. The van der Waals surface area contributed by atoms with Crippen molar-refractivity contribution in [3.05, 3.63) is 48.7 Å². The third-order valence-electron chi connectivity index (χ3n) is 2.18. The molecule has 0 spiro atoms. The lowest BCUT2D eigenvalue weighted by atomic mass is 10.1. The molecule has 1 nitrogen and oxygen atoms in total. The first-order chi connectivity index (χ1) is 6.42. The lowest BCUT2D eigenvalue weighted by Gasteiger charge is -1.92. The standard InChI is InChI=1S/C12H12O/c1-2-3-6-10-9-13-12-8-5-4-7-11(10)12/h2,4-5,7-9H,1,3,6H2. The van der Waals surface area contributed by atoms with Crippen molar-refractivity contribution in [2.75, 3.05) is 0 Å². The molecule has 0 bridgehead atoms. The van der Waals surface area contributed by atoms with Crippen LogP contribution in [0.3, 0.4) is 0 Å². The normalized spacial score (nSPS) is 10.5. The van der Waals surface area contributed by atoms with Crippen LogP contribution in [0.1, 0.15) is 12.0 Å². The Morgan fingerprint density at radius 3 is 3.00 bits per heavy atom. The molecule has 1 aromatic heterocycles. The van der Waals surface area contributed by atoms with Crippen molar-refractivity contribution in [1.82, 2.24) is 0 Å². The molecule has 0 aliphatic carbocycles. The van der Waals surface area contributed by atoms with Gasteiger partial charge in [-0.2, -0.15) is 0 Å². The molecular formula is C12H12O. The zero-order chi connectivity index (χ0) is 9.10. The molecule has 2 rings (SSSR count). The molecular weight excluding hydrogens is 160 g/mol. The maximum Gasteiger partial charge on any atom is 0.134 e. The molecule has 2 aromatic rings. The summed E-state index contributed by atoms with van der Waals surface area (Å²) in [6.45, 7) is 3.71. The average Bonchev–Trinajstić information content (AvgIpc) is 2.58. The Labute approximate surface area is 77.7 Å². The van der Waals surface area contributed by atoms with E-state index in [0.29, 0.717) is 0 Å². The van der Waals surface area contributed by atoms with E-state index in [0.717, 1.165) is 18.4 Å². The number of allylic oxidation sites excluding steroid dienone is 1. The Bertz CT molecular complexity index is 412. The average molecular weight is 172 g/mol. The van der Waals surface area contributed by atoms with Crippen molar-refractivity contribution in [2.45, 2.75) is 12.8 Å². The van der Waals surface area contributed by atoms with E-state index in [1.165, 1.54) is 10.9 Å². The Balaban J connectivity index is 2.40. The summed E-state index contributed by atoms with van der Waals surface area (Å²) in [5.74, 6) is 0. The molecule has 0 atom stereocenters. The highest BCUT2D eigenvalue weighted by Gasteiger charge is 2.02. The summed E-state index contributed by atoms with van der Waals surface area (Å²) in [5, 5.41) is 1.23. The van der Waals surface area contributed by atoms with Gasteiger partial charge in [0.05, 0.1) is 6.26 Å². The van der Waals surface area contributed by atoms with E-state index in [1.807, 2.05) is 30.5 Å². The Morgan fingerprint density at radius 2 is 2.15 bits per heavy atom. The lowest BCUT2D eigenvalue weighted by Crippen LogP contribution is -1.79. The van der Waals surface area contributed by atoms with E-state index in [-0.39, 0.29) is 0 Å². The quantitative estimate of drug-likeness (QED) is 0.645. The van der Waals surface area contributed by atoms with Gasteiger partial charge in [-0.15, -0.1) is 6.58 Å². The summed E-state index contributed by atoms with van der Waals surface area (Å²) >= 11 is 0. The highest BCUT2D eigenvalue weighted by Crippen LogP contribution is 2.21. The fourth-order valence-corrected chi connectivity index (χ4v) is 1.48. The van der Waals surface area contributed by atoms with Crippen LogP contribution < -0.4 is 0 Å². The number of aryl methyl sites for hydroxylation is 1. The van der Waals surface area contributed by atoms with Crippen molar-refractivity contribution >= 4 is 11.0 Å². The number of hydrogen-bond donors (Lipinski definition) is 0. The monoisotopic (exact) mass is 172 g/mol. The molecule has 0 unspecified atom stereocenters. The molecule has 1 aromatic carbocycles. The lowest BCUT2D eigenvalue weighted by molar-refractivity contribution is 0.610. The number of hydrogen-bond acceptors (Lipinski definition) is 1. The fourth-order valence-electron chi connectivity index (χ4n) is 1.48. The van der Waals surface area contributed by atoms with Crippen molar-refractivity contribution in [1.29, 1.82) is 0 Å². The van der Waals surface area contributed by atoms with Crippen LogP contribution in [0.2, 0.25) is 0 Å². The molecule has 0 aliphatic heterocycles. The van der Waals surface area contributed by atoms with Gasteiger partial charge in [-0.1, -0.05) is 24.3 Å². The van der Waals surface area contributed by atoms with Gasteiger partial charge in [0.2, 0.25) is 0 Å². The molecule has 0 fully saturated rings. The maximum absolute atomic E-state index is 5.41. The van der Waals surface area contributed by atoms with Gasteiger partial charge in [-0.25, -0.2) is 0 Å². The Hall–Kier alpha value is -1.50. The van der Waals surface area contributed by atoms with E-state index in [4.69, 9.17) is 4.42 Å². The molecule has 66 valence electrons. The van der Waals surface area contributed by atoms with Crippen molar-refractivity contribution in [3.8, 4) is 0 Å². The number of benzene rings is 1. The summed E-state index contributed by atoms with van der Waals surface area (Å²) in [4.78, 5) is 0. The van der Waals surface area contributed by atoms with Crippen LogP contribution in [0.15, 0.2) is 47.6 Å². The van der Waals surface area contributed by atoms with Crippen LogP contribution >= 0.6 is 0 Å². The minimum Gasteiger partial charge on any atom is -0.464 e. The predicted octanol–water partition coefficient (Wildman–Crippen LogP) is 3.55. The molecule has 13 heavy (non-hydrogen) atoms. The fraction of sp³-hybridized carbons (Fsp3) is 0.167. The molecule has 1 heteroatoms. The van der Waals surface area contributed by atoms with Gasteiger partial charge in [0.1, 0.15) is 5.58 Å². The smallest absolute Gasteiger partial charge is 0.134 e. The first-order valence-electron chi connectivity index (χ1n) is 4.48. The SMILES string of the molecule is C=CCCc1coc2ccccc12. The van der Waals surface area contributed by atoms with Crippen LogP contribution in [0.25, 0.3) is 11.0 Å². The van der Waals surface area contributed by atoms with E-state index >= 15 is 0 Å². The highest BCUT2D eigenvalue weighted by atomic mass is 16.3. The molecule has 0 N–H and O–H groups in total. The van der Waals surface area contributed by atoms with Crippen LogP contribution in [-0.4, -0.2) is 0 Å². The second kappa shape index (κ2) is 3.48. The Morgan fingerprint density at radius 1 is 1.31 bits per heavy atom. The van der Waals surface area contributed by atoms with Crippen LogP contribution in [0.5, 0.6) is 0 Å². The van der Waals surface area contributed by atoms with Gasteiger partial charge in [-0.05, 0) is 24.5 Å². The minimum absolute atomic E-state index is 0.974. The first-order valence-corrected chi connectivity index (χ1v) is 4.48. The van der Waals surface area contributed by atoms with Gasteiger partial charge < -0.3 is 4.42 Å². The van der Waals surface area contributed by atoms with Crippen molar-refractivity contribution < 1.29 is 4.42 Å². The third kappa shape index (κ3) is 1.50. The van der Waals surface area contributed by atoms with Crippen LogP contribution in [0.4, 0.5) is 0 Å². The maximum atomic E-state index is 5.41. The topological polar surface area (TPSA) is 13.1 Å². The van der Waals surface area contributed by atoms with Gasteiger partial charge in [0, 0.05) is 5.39 Å². The van der Waals surface area contributed by atoms with E-state index < -0.39 is 0 Å². The van der Waals surface area contributed by atoms with Crippen LogP contribution in [0, 0.1) is 0 Å². The molecule has 0 amide bonds. The summed E-state index contributed by atoms with van der Waals surface area (Å²) in [6.07, 6.45) is 5.79. The zero-order valence-corrected chi connectivity index (χ0v) is 7.49. The number of furan rings is 1. The third-order valence-corrected chi connectivity index (χ3v) is 2.18.